The fraction of sp³-hybridized carbons (Fsp3) is 0.524. The number of ether oxygens (including phenoxy) is 2. The van der Waals surface area contributed by atoms with E-state index in [1.807, 2.05) is 10.6 Å². The van der Waals surface area contributed by atoms with E-state index in [4.69, 9.17) is 14.5 Å². The van der Waals surface area contributed by atoms with Crippen LogP contribution in [0.1, 0.15) is 48.7 Å². The molecule has 0 atom stereocenters. The second-order valence-electron chi connectivity index (χ2n) is 9.25. The number of aromatic nitrogens is 5. The maximum Gasteiger partial charge on any atom is 0.263 e. The van der Waals surface area contributed by atoms with Crippen molar-refractivity contribution >= 4 is 17.5 Å². The predicted octanol–water partition coefficient (Wildman–Crippen LogP) is 2.32. The second-order valence-corrected chi connectivity index (χ2v) is 9.25. The van der Waals surface area contributed by atoms with Crippen LogP contribution < -0.4 is 10.1 Å². The van der Waals surface area contributed by atoms with Crippen molar-refractivity contribution in [2.45, 2.75) is 43.6 Å². The van der Waals surface area contributed by atoms with E-state index in [1.54, 1.807) is 30.2 Å². The zero-order valence-corrected chi connectivity index (χ0v) is 17.1. The fourth-order valence-corrected chi connectivity index (χ4v) is 4.73. The Bertz CT molecular complexity index is 1150. The Labute approximate surface area is 173 Å². The van der Waals surface area contributed by atoms with E-state index >= 15 is 0 Å². The van der Waals surface area contributed by atoms with Gasteiger partial charge in [-0.3, -0.25) is 13.9 Å². The van der Waals surface area contributed by atoms with Gasteiger partial charge >= 0.3 is 0 Å². The van der Waals surface area contributed by atoms with Crippen molar-refractivity contribution < 1.29 is 14.3 Å². The number of hydrogen-bond acceptors (Lipinski definition) is 6. The highest BCUT2D eigenvalue weighted by Gasteiger charge is 2.61. The van der Waals surface area contributed by atoms with Crippen LogP contribution in [0.2, 0.25) is 0 Å². The van der Waals surface area contributed by atoms with E-state index in [0.717, 1.165) is 31.4 Å². The van der Waals surface area contributed by atoms with E-state index in [-0.39, 0.29) is 16.9 Å². The lowest BCUT2D eigenvalue weighted by Gasteiger charge is -2.41. The molecule has 0 aromatic carbocycles. The Balaban J connectivity index is 1.35. The molecule has 4 fully saturated rings. The number of carbonyl (C=O) groups excluding carboxylic acids is 1. The van der Waals surface area contributed by atoms with Crippen molar-refractivity contribution in [1.29, 1.82) is 0 Å². The van der Waals surface area contributed by atoms with E-state index in [2.05, 4.69) is 22.3 Å². The molecule has 0 spiro atoms. The van der Waals surface area contributed by atoms with Crippen LogP contribution in [0.15, 0.2) is 24.7 Å². The summed E-state index contributed by atoms with van der Waals surface area (Å²) in [5, 5.41) is 7.05. The van der Waals surface area contributed by atoms with Crippen LogP contribution in [0.25, 0.3) is 5.78 Å². The molecule has 4 aliphatic rings. The van der Waals surface area contributed by atoms with Gasteiger partial charge in [-0.05, 0) is 38.5 Å². The predicted molar refractivity (Wildman–Crippen MR) is 108 cm³/mol. The molecule has 0 unspecified atom stereocenters. The minimum atomic E-state index is -0.303. The van der Waals surface area contributed by atoms with Gasteiger partial charge < -0.3 is 14.8 Å². The summed E-state index contributed by atoms with van der Waals surface area (Å²) in [6.07, 6.45) is 9.77. The van der Waals surface area contributed by atoms with Gasteiger partial charge in [-0.2, -0.15) is 10.1 Å². The van der Waals surface area contributed by atoms with Crippen molar-refractivity contribution in [3.8, 4) is 5.88 Å². The minimum Gasteiger partial charge on any atom is -0.477 e. The van der Waals surface area contributed by atoms with E-state index in [1.165, 1.54) is 0 Å². The number of nitrogens with one attached hydrogen (secondary N) is 1. The summed E-state index contributed by atoms with van der Waals surface area (Å²) >= 11 is 0. The standard InChI is InChI=1S/C21H24N6O3/c1-20-10-21(11-20,12-30-20)15-8-27-7-14(17(28)23-16-5-6-26(2)25-16)18(24-19(27)22-15)29-9-13-3-4-13/h5-8,13H,3-4,9-12H2,1-2H3,(H,23,25,28). The van der Waals surface area contributed by atoms with Gasteiger partial charge in [0, 0.05) is 37.1 Å². The van der Waals surface area contributed by atoms with Gasteiger partial charge in [-0.1, -0.05) is 0 Å². The quantitative estimate of drug-likeness (QED) is 0.673. The highest BCUT2D eigenvalue weighted by Crippen LogP contribution is 2.58. The lowest BCUT2D eigenvalue weighted by atomic mass is 9.62. The molecule has 9 heteroatoms. The molecule has 3 aromatic rings. The number of nitrogens with zero attached hydrogens (tertiary/aromatic N) is 5. The van der Waals surface area contributed by atoms with Gasteiger partial charge in [0.25, 0.3) is 5.91 Å². The first-order valence-corrected chi connectivity index (χ1v) is 10.4. The molecular weight excluding hydrogens is 384 g/mol. The molecule has 2 bridgehead atoms. The summed E-state index contributed by atoms with van der Waals surface area (Å²) in [6, 6.07) is 1.75. The first-order valence-electron chi connectivity index (χ1n) is 10.4. The van der Waals surface area contributed by atoms with Crippen LogP contribution >= 0.6 is 0 Å². The Morgan fingerprint density at radius 3 is 2.83 bits per heavy atom. The molecule has 30 heavy (non-hydrogen) atoms. The molecule has 5 heterocycles. The third kappa shape index (κ3) is 2.87. The summed E-state index contributed by atoms with van der Waals surface area (Å²) < 4.78 is 15.3. The zero-order chi connectivity index (χ0) is 20.5. The highest BCUT2D eigenvalue weighted by atomic mass is 16.5. The third-order valence-corrected chi connectivity index (χ3v) is 6.43. The van der Waals surface area contributed by atoms with Gasteiger partial charge in [0.1, 0.15) is 5.56 Å². The maximum atomic E-state index is 13.0. The molecule has 156 valence electrons. The van der Waals surface area contributed by atoms with Crippen LogP contribution in [0.5, 0.6) is 5.88 Å². The Morgan fingerprint density at radius 1 is 1.33 bits per heavy atom. The van der Waals surface area contributed by atoms with E-state index < -0.39 is 0 Å². The smallest absolute Gasteiger partial charge is 0.263 e. The lowest BCUT2D eigenvalue weighted by molar-refractivity contribution is 0.0154. The largest absolute Gasteiger partial charge is 0.477 e. The number of imidazole rings is 1. The number of amides is 1. The topological polar surface area (TPSA) is 95.6 Å². The van der Waals surface area contributed by atoms with Crippen LogP contribution in [0, 0.1) is 5.92 Å². The van der Waals surface area contributed by atoms with E-state index in [9.17, 15) is 4.79 Å². The number of anilines is 1. The normalized spacial score (nSPS) is 27.3. The SMILES string of the molecule is Cn1ccc(NC(=O)c2cn3cc(C45COC(C)(C4)C5)nc3nc2OCC2CC2)n1. The Kier molecular flexibility index (Phi) is 3.60. The molecule has 1 N–H and O–H groups in total. The summed E-state index contributed by atoms with van der Waals surface area (Å²) in [5.74, 6) is 1.59. The molecule has 2 saturated heterocycles. The van der Waals surface area contributed by atoms with Gasteiger partial charge in [-0.15, -0.1) is 0 Å². The number of fused-ring (bicyclic) bond motifs is 2. The Hall–Kier alpha value is -2.94. The monoisotopic (exact) mass is 408 g/mol. The van der Waals surface area contributed by atoms with Crippen molar-refractivity contribution in [2.24, 2.45) is 13.0 Å². The highest BCUT2D eigenvalue weighted by molar-refractivity contribution is 6.05. The molecule has 2 aliphatic carbocycles. The molecule has 9 nitrogen and oxygen atoms in total. The molecular formula is C21H24N6O3. The van der Waals surface area contributed by atoms with Crippen molar-refractivity contribution in [3.05, 3.63) is 35.9 Å². The van der Waals surface area contributed by atoms with Crippen molar-refractivity contribution in [2.75, 3.05) is 18.5 Å². The minimum absolute atomic E-state index is 0.0184. The Morgan fingerprint density at radius 2 is 2.17 bits per heavy atom. The summed E-state index contributed by atoms with van der Waals surface area (Å²) in [5.41, 5.74) is 1.29. The van der Waals surface area contributed by atoms with Gasteiger partial charge in [-0.25, -0.2) is 4.98 Å². The molecule has 2 saturated carbocycles. The molecule has 7 rings (SSSR count). The number of rotatable bonds is 6. The number of carbonyl (C=O) groups is 1. The first-order chi connectivity index (χ1) is 14.4. The van der Waals surface area contributed by atoms with Gasteiger partial charge in [0.2, 0.25) is 11.7 Å². The number of hydrogen-bond donors (Lipinski definition) is 1. The molecule has 1 amide bonds. The summed E-state index contributed by atoms with van der Waals surface area (Å²) in [4.78, 5) is 22.4. The van der Waals surface area contributed by atoms with Crippen LogP contribution in [-0.4, -0.2) is 48.9 Å². The molecule has 2 aliphatic heterocycles. The van der Waals surface area contributed by atoms with Gasteiger partial charge in [0.05, 0.1) is 24.5 Å². The second kappa shape index (κ2) is 6.04. The molecule has 0 radical (unpaired) electrons. The zero-order valence-electron chi connectivity index (χ0n) is 17.1. The van der Waals surface area contributed by atoms with Crippen LogP contribution in [-0.2, 0) is 17.2 Å². The van der Waals surface area contributed by atoms with E-state index in [0.29, 0.717) is 42.2 Å². The average molecular weight is 408 g/mol. The summed E-state index contributed by atoms with van der Waals surface area (Å²) in [7, 11) is 1.80. The van der Waals surface area contributed by atoms with Crippen LogP contribution in [0.3, 0.4) is 0 Å². The average Bonchev–Trinajstić information content (AvgIpc) is 2.99. The summed E-state index contributed by atoms with van der Waals surface area (Å²) in [6.45, 7) is 3.40. The van der Waals surface area contributed by atoms with Crippen LogP contribution in [0.4, 0.5) is 5.82 Å². The first kappa shape index (κ1) is 17.9. The molecule has 3 aromatic heterocycles. The maximum absolute atomic E-state index is 13.0. The lowest BCUT2D eigenvalue weighted by Crippen LogP contribution is -2.45. The number of aryl methyl sites for hydroxylation is 1. The van der Waals surface area contributed by atoms with Gasteiger partial charge in [0.15, 0.2) is 5.82 Å². The van der Waals surface area contributed by atoms with Crippen molar-refractivity contribution in [1.82, 2.24) is 24.1 Å². The van der Waals surface area contributed by atoms with Crippen molar-refractivity contribution in [3.63, 3.8) is 0 Å². The fourth-order valence-electron chi connectivity index (χ4n) is 4.73. The third-order valence-electron chi connectivity index (χ3n) is 6.43.